The number of amides is 1. The van der Waals surface area contributed by atoms with Crippen LogP contribution in [-0.4, -0.2) is 34.0 Å². The van der Waals surface area contributed by atoms with E-state index in [-0.39, 0.29) is 24.6 Å². The lowest BCUT2D eigenvalue weighted by atomic mass is 10.1. The summed E-state index contributed by atoms with van der Waals surface area (Å²) in [5, 5.41) is 11.7. The average Bonchev–Trinajstić information content (AvgIpc) is 3.22. The molecule has 174 valence electrons. The van der Waals surface area contributed by atoms with Gasteiger partial charge in [-0.2, -0.15) is 5.10 Å². The standard InChI is InChI=1S/C25H23ClN4O4/c1-3-33-18-10-8-17(9-11-18)21-12-13-22(31)30(28-21)15-14-27-25(32)23-16(2)34-29-24(23)19-6-4-5-7-20(19)26/h4-13H,3,14-15H2,1-2H3,(H,27,32). The third-order valence-corrected chi connectivity index (χ3v) is 5.49. The van der Waals surface area contributed by atoms with Crippen LogP contribution in [0.2, 0.25) is 5.02 Å². The minimum atomic E-state index is -0.371. The van der Waals surface area contributed by atoms with Crippen molar-refractivity contribution in [3.8, 4) is 28.3 Å². The monoisotopic (exact) mass is 478 g/mol. The molecule has 0 aliphatic carbocycles. The Labute approximate surface area is 201 Å². The van der Waals surface area contributed by atoms with Crippen LogP contribution in [0, 0.1) is 6.92 Å². The lowest BCUT2D eigenvalue weighted by molar-refractivity contribution is 0.0950. The maximum atomic E-state index is 12.9. The summed E-state index contributed by atoms with van der Waals surface area (Å²) in [4.78, 5) is 25.2. The van der Waals surface area contributed by atoms with E-state index < -0.39 is 0 Å². The summed E-state index contributed by atoms with van der Waals surface area (Å²) in [5.41, 5.74) is 2.51. The topological polar surface area (TPSA) is 99.2 Å². The van der Waals surface area contributed by atoms with Gasteiger partial charge >= 0.3 is 0 Å². The highest BCUT2D eigenvalue weighted by molar-refractivity contribution is 6.33. The molecule has 0 bridgehead atoms. The van der Waals surface area contributed by atoms with Crippen molar-refractivity contribution in [2.45, 2.75) is 20.4 Å². The molecule has 0 aliphatic heterocycles. The molecule has 4 aromatic rings. The van der Waals surface area contributed by atoms with Gasteiger partial charge in [0.2, 0.25) is 0 Å². The smallest absolute Gasteiger partial charge is 0.266 e. The van der Waals surface area contributed by atoms with Gasteiger partial charge in [0.15, 0.2) is 0 Å². The number of aromatic nitrogens is 3. The molecule has 0 saturated carbocycles. The number of carbonyl (C=O) groups is 1. The third-order valence-electron chi connectivity index (χ3n) is 5.16. The number of benzene rings is 2. The van der Waals surface area contributed by atoms with Crippen LogP contribution in [0.4, 0.5) is 0 Å². The SMILES string of the molecule is CCOc1ccc(-c2ccc(=O)n(CCNC(=O)c3c(-c4ccccc4Cl)noc3C)n2)cc1. The number of nitrogens with one attached hydrogen (secondary N) is 1. The first-order chi connectivity index (χ1) is 16.5. The molecule has 0 aliphatic rings. The highest BCUT2D eigenvalue weighted by atomic mass is 35.5. The molecular formula is C25H23ClN4O4. The second kappa shape index (κ2) is 10.4. The predicted molar refractivity (Wildman–Crippen MR) is 129 cm³/mol. The van der Waals surface area contributed by atoms with Crippen LogP contribution >= 0.6 is 11.6 Å². The van der Waals surface area contributed by atoms with Crippen molar-refractivity contribution in [3.63, 3.8) is 0 Å². The van der Waals surface area contributed by atoms with E-state index in [1.807, 2.05) is 37.3 Å². The molecule has 0 radical (unpaired) electrons. The van der Waals surface area contributed by atoms with Gasteiger partial charge in [0.25, 0.3) is 11.5 Å². The molecule has 8 nitrogen and oxygen atoms in total. The number of aryl methyl sites for hydroxylation is 1. The fraction of sp³-hybridized carbons (Fsp3) is 0.200. The Bertz CT molecular complexity index is 1360. The van der Waals surface area contributed by atoms with Gasteiger partial charge in [-0.15, -0.1) is 0 Å². The maximum Gasteiger partial charge on any atom is 0.266 e. The zero-order valence-corrected chi connectivity index (χ0v) is 19.5. The summed E-state index contributed by atoms with van der Waals surface area (Å²) < 4.78 is 12.0. The van der Waals surface area contributed by atoms with E-state index in [1.165, 1.54) is 10.7 Å². The molecule has 1 N–H and O–H groups in total. The first-order valence-corrected chi connectivity index (χ1v) is 11.2. The largest absolute Gasteiger partial charge is 0.494 e. The number of hydrogen-bond acceptors (Lipinski definition) is 6. The molecule has 4 rings (SSSR count). The van der Waals surface area contributed by atoms with Crippen LogP contribution in [0.1, 0.15) is 23.0 Å². The summed E-state index contributed by atoms with van der Waals surface area (Å²) in [6.45, 7) is 4.55. The van der Waals surface area contributed by atoms with Crippen LogP contribution < -0.4 is 15.6 Å². The van der Waals surface area contributed by atoms with Gasteiger partial charge in [0.1, 0.15) is 22.8 Å². The van der Waals surface area contributed by atoms with Crippen molar-refractivity contribution in [1.82, 2.24) is 20.3 Å². The minimum absolute atomic E-state index is 0.186. The Kier molecular flexibility index (Phi) is 7.08. The second-order valence-electron chi connectivity index (χ2n) is 7.44. The van der Waals surface area contributed by atoms with Gasteiger partial charge in [-0.3, -0.25) is 9.59 Å². The minimum Gasteiger partial charge on any atom is -0.494 e. The number of carbonyl (C=O) groups excluding carboxylic acids is 1. The van der Waals surface area contributed by atoms with Gasteiger partial charge in [0.05, 0.1) is 23.9 Å². The van der Waals surface area contributed by atoms with E-state index in [4.69, 9.17) is 20.9 Å². The fourth-order valence-corrected chi connectivity index (χ4v) is 3.72. The molecule has 0 saturated heterocycles. The molecule has 2 aromatic carbocycles. The molecule has 1 amide bonds. The van der Waals surface area contributed by atoms with E-state index >= 15 is 0 Å². The number of rotatable bonds is 8. The van der Waals surface area contributed by atoms with Gasteiger partial charge in [-0.25, -0.2) is 4.68 Å². The molecule has 2 heterocycles. The first kappa shape index (κ1) is 23.3. The Morgan fingerprint density at radius 2 is 1.88 bits per heavy atom. The van der Waals surface area contributed by atoms with Gasteiger partial charge < -0.3 is 14.6 Å². The number of hydrogen-bond donors (Lipinski definition) is 1. The van der Waals surface area contributed by atoms with E-state index in [9.17, 15) is 9.59 Å². The van der Waals surface area contributed by atoms with Crippen molar-refractivity contribution >= 4 is 17.5 Å². The zero-order chi connectivity index (χ0) is 24.1. The van der Waals surface area contributed by atoms with Crippen molar-refractivity contribution in [2.24, 2.45) is 0 Å². The second-order valence-corrected chi connectivity index (χ2v) is 7.84. The van der Waals surface area contributed by atoms with Gasteiger partial charge in [-0.05, 0) is 50.2 Å². The van der Waals surface area contributed by atoms with E-state index in [2.05, 4.69) is 15.6 Å². The van der Waals surface area contributed by atoms with E-state index in [1.54, 1.807) is 31.2 Å². The highest BCUT2D eigenvalue weighted by Crippen LogP contribution is 2.30. The summed E-state index contributed by atoms with van der Waals surface area (Å²) in [6.07, 6.45) is 0. The van der Waals surface area contributed by atoms with Crippen molar-refractivity contribution in [2.75, 3.05) is 13.2 Å². The summed E-state index contributed by atoms with van der Waals surface area (Å²) in [7, 11) is 0. The molecule has 9 heteroatoms. The molecule has 0 atom stereocenters. The van der Waals surface area contributed by atoms with Crippen molar-refractivity contribution in [1.29, 1.82) is 0 Å². The molecule has 0 unspecified atom stereocenters. The lowest BCUT2D eigenvalue weighted by Gasteiger charge is -2.10. The van der Waals surface area contributed by atoms with Crippen LogP contribution in [0.3, 0.4) is 0 Å². The Hall–Kier alpha value is -3.91. The van der Waals surface area contributed by atoms with E-state index in [0.29, 0.717) is 39.9 Å². The summed E-state index contributed by atoms with van der Waals surface area (Å²) in [6, 6.07) is 17.7. The Morgan fingerprint density at radius 3 is 2.62 bits per heavy atom. The van der Waals surface area contributed by atoms with Crippen LogP contribution in [0.5, 0.6) is 5.75 Å². The van der Waals surface area contributed by atoms with Gasteiger partial charge in [-0.1, -0.05) is 35.0 Å². The van der Waals surface area contributed by atoms with Crippen LogP contribution in [0.15, 0.2) is 70.0 Å². The summed E-state index contributed by atoms with van der Waals surface area (Å²) >= 11 is 6.27. The highest BCUT2D eigenvalue weighted by Gasteiger charge is 2.22. The Balaban J connectivity index is 1.47. The number of ether oxygens (including phenoxy) is 1. The molecule has 0 fully saturated rings. The number of nitrogens with zero attached hydrogens (tertiary/aromatic N) is 3. The first-order valence-electron chi connectivity index (χ1n) is 10.8. The lowest BCUT2D eigenvalue weighted by Crippen LogP contribution is -2.32. The molecule has 0 spiro atoms. The third kappa shape index (κ3) is 5.02. The van der Waals surface area contributed by atoms with E-state index in [0.717, 1.165) is 11.3 Å². The van der Waals surface area contributed by atoms with Crippen molar-refractivity contribution < 1.29 is 14.1 Å². The van der Waals surface area contributed by atoms with Crippen LogP contribution in [-0.2, 0) is 6.54 Å². The van der Waals surface area contributed by atoms with Crippen LogP contribution in [0.25, 0.3) is 22.5 Å². The van der Waals surface area contributed by atoms with Crippen molar-refractivity contribution in [3.05, 3.63) is 87.4 Å². The molecule has 2 aromatic heterocycles. The molecule has 34 heavy (non-hydrogen) atoms. The predicted octanol–water partition coefficient (Wildman–Crippen LogP) is 4.36. The normalized spacial score (nSPS) is 10.8. The fourth-order valence-electron chi connectivity index (χ4n) is 3.49. The average molecular weight is 479 g/mol. The summed E-state index contributed by atoms with van der Waals surface area (Å²) in [5.74, 6) is 0.770. The van der Waals surface area contributed by atoms with Gasteiger partial charge in [0, 0.05) is 23.7 Å². The quantitative estimate of drug-likeness (QED) is 0.404. The zero-order valence-electron chi connectivity index (χ0n) is 18.7. The molecular weight excluding hydrogens is 456 g/mol. The number of halogens is 1. The maximum absolute atomic E-state index is 12.9. The Morgan fingerprint density at radius 1 is 1.12 bits per heavy atom.